The lowest BCUT2D eigenvalue weighted by Gasteiger charge is -2.21. The predicted octanol–water partition coefficient (Wildman–Crippen LogP) is 0.0714. The van der Waals surface area contributed by atoms with Gasteiger partial charge < -0.3 is 14.9 Å². The first-order valence-corrected chi connectivity index (χ1v) is 3.94. The van der Waals surface area contributed by atoms with Gasteiger partial charge in [-0.05, 0) is 20.8 Å². The first kappa shape index (κ1) is 11.4. The summed E-state index contributed by atoms with van der Waals surface area (Å²) in [6.45, 7) is 4.49. The Bertz CT molecular complexity index is 151. The Hall–Kier alpha value is -0.610. The number of rotatable bonds is 4. The first-order valence-electron chi connectivity index (χ1n) is 3.94. The smallest absolute Gasteiger partial charge is 0.338 e. The maximum Gasteiger partial charge on any atom is 0.338 e. The molecule has 0 amide bonds. The highest BCUT2D eigenvalue weighted by Gasteiger charge is 2.31. The zero-order valence-electron chi connectivity index (χ0n) is 7.70. The van der Waals surface area contributed by atoms with Crippen LogP contribution in [0.1, 0.15) is 27.2 Å². The molecule has 2 N–H and O–H groups in total. The van der Waals surface area contributed by atoms with E-state index >= 15 is 0 Å². The van der Waals surface area contributed by atoms with Gasteiger partial charge in [0.2, 0.25) is 0 Å². The number of aliphatic hydroxyl groups excluding tert-OH is 1. The van der Waals surface area contributed by atoms with E-state index in [0.717, 1.165) is 0 Å². The molecule has 0 aromatic carbocycles. The van der Waals surface area contributed by atoms with Crippen molar-refractivity contribution in [3.05, 3.63) is 0 Å². The lowest BCUT2D eigenvalue weighted by molar-refractivity contribution is -0.169. The molecule has 0 aromatic rings. The van der Waals surface area contributed by atoms with E-state index in [0.29, 0.717) is 0 Å². The second-order valence-electron chi connectivity index (χ2n) is 3.20. The van der Waals surface area contributed by atoms with Crippen LogP contribution in [-0.2, 0) is 9.53 Å². The number of ether oxygens (including phenoxy) is 1. The van der Waals surface area contributed by atoms with Crippen LogP contribution in [0.25, 0.3) is 0 Å². The lowest BCUT2D eigenvalue weighted by atomic mass is 10.0. The Morgan fingerprint density at radius 1 is 1.58 bits per heavy atom. The average Bonchev–Trinajstić information content (AvgIpc) is 1.85. The summed E-state index contributed by atoms with van der Waals surface area (Å²) in [7, 11) is 0. The molecular weight excluding hydrogens is 160 g/mol. The third kappa shape index (κ3) is 3.69. The Kier molecular flexibility index (Phi) is 4.20. The third-order valence-corrected chi connectivity index (χ3v) is 1.38. The molecule has 0 unspecified atom stereocenters. The van der Waals surface area contributed by atoms with Gasteiger partial charge in [0.1, 0.15) is 0 Å². The lowest BCUT2D eigenvalue weighted by Crippen LogP contribution is -2.38. The van der Waals surface area contributed by atoms with E-state index in [4.69, 9.17) is 9.84 Å². The fourth-order valence-corrected chi connectivity index (χ4v) is 0.661. The van der Waals surface area contributed by atoms with Crippen molar-refractivity contribution >= 4 is 5.97 Å². The first-order chi connectivity index (χ1) is 5.40. The molecule has 1 atom stereocenters. The van der Waals surface area contributed by atoms with E-state index in [1.165, 1.54) is 6.92 Å². The van der Waals surface area contributed by atoms with Gasteiger partial charge in [-0.2, -0.15) is 0 Å². The van der Waals surface area contributed by atoms with E-state index in [1.807, 2.05) is 0 Å². The number of carbonyl (C=O) groups excluding carboxylic acids is 1. The fourth-order valence-electron chi connectivity index (χ4n) is 0.661. The predicted molar refractivity (Wildman–Crippen MR) is 43.6 cm³/mol. The third-order valence-electron chi connectivity index (χ3n) is 1.38. The molecule has 0 aliphatic heterocycles. The molecule has 0 saturated carbocycles. The average molecular weight is 176 g/mol. The summed E-state index contributed by atoms with van der Waals surface area (Å²) in [6, 6.07) is 0. The van der Waals surface area contributed by atoms with Gasteiger partial charge in [-0.15, -0.1) is 0 Å². The standard InChI is InChI=1S/C8H16O4/c1-6(2)12-7(10)8(3,11)4-5-9/h6,9,11H,4-5H2,1-3H3/t8-/m0/s1. The van der Waals surface area contributed by atoms with Gasteiger partial charge in [0.15, 0.2) is 5.60 Å². The normalized spacial score (nSPS) is 15.8. The molecule has 12 heavy (non-hydrogen) atoms. The minimum Gasteiger partial charge on any atom is -0.461 e. The SMILES string of the molecule is CC(C)OC(=O)[C@@](C)(O)CCO. The van der Waals surface area contributed by atoms with Crippen molar-refractivity contribution in [3.63, 3.8) is 0 Å². The van der Waals surface area contributed by atoms with Crippen molar-refractivity contribution in [2.75, 3.05) is 6.61 Å². The molecule has 0 aliphatic carbocycles. The van der Waals surface area contributed by atoms with E-state index in [9.17, 15) is 9.90 Å². The molecular formula is C8H16O4. The molecule has 0 rings (SSSR count). The molecule has 4 heteroatoms. The summed E-state index contributed by atoms with van der Waals surface area (Å²) in [5.41, 5.74) is -1.57. The van der Waals surface area contributed by atoms with Gasteiger partial charge in [-0.3, -0.25) is 0 Å². The summed E-state index contributed by atoms with van der Waals surface area (Å²) in [6.07, 6.45) is -0.249. The van der Waals surface area contributed by atoms with Gasteiger partial charge in [-0.1, -0.05) is 0 Å². The second kappa shape index (κ2) is 4.42. The van der Waals surface area contributed by atoms with Crippen molar-refractivity contribution in [3.8, 4) is 0 Å². The Balaban J connectivity index is 4.06. The zero-order valence-corrected chi connectivity index (χ0v) is 7.70. The topological polar surface area (TPSA) is 66.8 Å². The minimum absolute atomic E-state index is 0.00144. The zero-order chi connectivity index (χ0) is 9.78. The van der Waals surface area contributed by atoms with Crippen LogP contribution in [0.2, 0.25) is 0 Å². The number of hydrogen-bond acceptors (Lipinski definition) is 4. The van der Waals surface area contributed by atoms with Crippen LogP contribution in [-0.4, -0.2) is 34.5 Å². The molecule has 4 nitrogen and oxygen atoms in total. The van der Waals surface area contributed by atoms with Gasteiger partial charge >= 0.3 is 5.97 Å². The quantitative estimate of drug-likeness (QED) is 0.595. The molecule has 0 aromatic heterocycles. The Morgan fingerprint density at radius 2 is 2.08 bits per heavy atom. The van der Waals surface area contributed by atoms with Gasteiger partial charge in [0.05, 0.1) is 6.10 Å². The highest BCUT2D eigenvalue weighted by molar-refractivity contribution is 5.78. The largest absolute Gasteiger partial charge is 0.461 e. The summed E-state index contributed by atoms with van der Waals surface area (Å²) >= 11 is 0. The highest BCUT2D eigenvalue weighted by atomic mass is 16.6. The van der Waals surface area contributed by atoms with E-state index in [2.05, 4.69) is 0 Å². The number of esters is 1. The Labute approximate surface area is 72.2 Å². The molecule has 72 valence electrons. The van der Waals surface area contributed by atoms with Crippen LogP contribution < -0.4 is 0 Å². The maximum absolute atomic E-state index is 11.1. The summed E-state index contributed by atoms with van der Waals surface area (Å²) in [5, 5.41) is 17.9. The van der Waals surface area contributed by atoms with Crippen LogP contribution in [0, 0.1) is 0 Å². The van der Waals surface area contributed by atoms with Gasteiger partial charge in [-0.25, -0.2) is 4.79 Å². The van der Waals surface area contributed by atoms with Crippen LogP contribution in [0.15, 0.2) is 0 Å². The van der Waals surface area contributed by atoms with Crippen LogP contribution in [0.3, 0.4) is 0 Å². The van der Waals surface area contributed by atoms with Crippen molar-refractivity contribution in [2.24, 2.45) is 0 Å². The molecule has 0 spiro atoms. The Morgan fingerprint density at radius 3 is 2.42 bits per heavy atom. The summed E-state index contributed by atoms with van der Waals surface area (Å²) in [5.74, 6) is -0.688. The monoisotopic (exact) mass is 176 g/mol. The molecule has 0 fully saturated rings. The summed E-state index contributed by atoms with van der Waals surface area (Å²) in [4.78, 5) is 11.1. The van der Waals surface area contributed by atoms with Crippen molar-refractivity contribution < 1.29 is 19.7 Å². The van der Waals surface area contributed by atoms with Crippen LogP contribution in [0.4, 0.5) is 0 Å². The van der Waals surface area contributed by atoms with Gasteiger partial charge in [0, 0.05) is 13.0 Å². The van der Waals surface area contributed by atoms with Crippen LogP contribution in [0.5, 0.6) is 0 Å². The molecule has 0 heterocycles. The fraction of sp³-hybridized carbons (Fsp3) is 0.875. The van der Waals surface area contributed by atoms with E-state index < -0.39 is 11.6 Å². The molecule has 0 saturated heterocycles. The summed E-state index contributed by atoms with van der Waals surface area (Å²) < 4.78 is 4.77. The maximum atomic E-state index is 11.1. The van der Waals surface area contributed by atoms with Crippen molar-refractivity contribution in [1.29, 1.82) is 0 Å². The second-order valence-corrected chi connectivity index (χ2v) is 3.20. The minimum atomic E-state index is -1.57. The van der Waals surface area contributed by atoms with Crippen LogP contribution >= 0.6 is 0 Å². The van der Waals surface area contributed by atoms with Crippen molar-refractivity contribution in [1.82, 2.24) is 0 Å². The van der Waals surface area contributed by atoms with E-state index in [-0.39, 0.29) is 19.1 Å². The highest BCUT2D eigenvalue weighted by Crippen LogP contribution is 2.11. The molecule has 0 radical (unpaired) electrons. The van der Waals surface area contributed by atoms with E-state index in [1.54, 1.807) is 13.8 Å². The number of aliphatic hydroxyl groups is 2. The van der Waals surface area contributed by atoms with Crippen molar-refractivity contribution in [2.45, 2.75) is 38.9 Å². The molecule has 0 aliphatic rings. The van der Waals surface area contributed by atoms with Gasteiger partial charge in [0.25, 0.3) is 0 Å². The molecule has 0 bridgehead atoms. The number of carbonyl (C=O) groups is 1. The number of hydrogen-bond donors (Lipinski definition) is 2.